The van der Waals surface area contributed by atoms with Crippen molar-refractivity contribution in [2.45, 2.75) is 12.7 Å². The Labute approximate surface area is 140 Å². The summed E-state index contributed by atoms with van der Waals surface area (Å²) in [6, 6.07) is 18.4. The van der Waals surface area contributed by atoms with E-state index in [1.165, 1.54) is 5.56 Å². The number of nitrogens with zero attached hydrogens (tertiary/aromatic N) is 3. The van der Waals surface area contributed by atoms with Crippen LogP contribution < -0.4 is 5.76 Å². The highest BCUT2D eigenvalue weighted by Crippen LogP contribution is 2.26. The number of oxazole rings is 1. The molecule has 3 aromatic rings. The van der Waals surface area contributed by atoms with Gasteiger partial charge in [0.25, 0.3) is 0 Å². The Balaban J connectivity index is 1.68. The molecule has 5 heteroatoms. The van der Waals surface area contributed by atoms with Crippen LogP contribution in [0.5, 0.6) is 0 Å². The van der Waals surface area contributed by atoms with Gasteiger partial charge in [0.1, 0.15) is 0 Å². The fourth-order valence-corrected chi connectivity index (χ4v) is 3.45. The number of benzene rings is 2. The molecule has 0 radical (unpaired) electrons. The highest BCUT2D eigenvalue weighted by atomic mass is 16.4. The van der Waals surface area contributed by atoms with Crippen molar-refractivity contribution in [1.82, 2.24) is 14.4 Å². The molecular weight excluding hydrogens is 302 g/mol. The SMILES string of the molecule is CN1CCN(Cn2c(=O)oc3ccccc32)[C@@H](c2ccccc2)C1. The van der Waals surface area contributed by atoms with E-state index in [9.17, 15) is 4.79 Å². The summed E-state index contributed by atoms with van der Waals surface area (Å²) in [4.78, 5) is 17.0. The van der Waals surface area contributed by atoms with E-state index in [2.05, 4.69) is 41.1 Å². The minimum Gasteiger partial charge on any atom is -0.408 e. The van der Waals surface area contributed by atoms with Gasteiger partial charge in [0, 0.05) is 25.7 Å². The number of hydrogen-bond acceptors (Lipinski definition) is 4. The molecule has 2 aromatic carbocycles. The third kappa shape index (κ3) is 2.77. The molecule has 0 aliphatic carbocycles. The van der Waals surface area contributed by atoms with Crippen LogP contribution in [0.3, 0.4) is 0 Å². The fraction of sp³-hybridized carbons (Fsp3) is 0.316. The molecule has 24 heavy (non-hydrogen) atoms. The van der Waals surface area contributed by atoms with Crippen LogP contribution in [-0.4, -0.2) is 41.0 Å². The summed E-state index contributed by atoms with van der Waals surface area (Å²) < 4.78 is 7.11. The van der Waals surface area contributed by atoms with Gasteiger partial charge in [-0.3, -0.25) is 9.47 Å². The van der Waals surface area contributed by atoms with E-state index >= 15 is 0 Å². The minimum absolute atomic E-state index is 0.269. The van der Waals surface area contributed by atoms with Crippen LogP contribution in [0.25, 0.3) is 11.1 Å². The van der Waals surface area contributed by atoms with Crippen LogP contribution in [0, 0.1) is 0 Å². The molecule has 1 aromatic heterocycles. The molecule has 2 heterocycles. The topological polar surface area (TPSA) is 41.6 Å². The Morgan fingerprint density at radius 3 is 2.62 bits per heavy atom. The zero-order valence-electron chi connectivity index (χ0n) is 13.8. The highest BCUT2D eigenvalue weighted by Gasteiger charge is 2.27. The molecule has 4 rings (SSSR count). The van der Waals surface area contributed by atoms with E-state index in [1.807, 2.05) is 30.3 Å². The lowest BCUT2D eigenvalue weighted by Gasteiger charge is -2.40. The van der Waals surface area contributed by atoms with Crippen molar-refractivity contribution >= 4 is 11.1 Å². The first-order chi connectivity index (χ1) is 11.7. The lowest BCUT2D eigenvalue weighted by Crippen LogP contribution is -2.47. The van der Waals surface area contributed by atoms with Crippen LogP contribution in [-0.2, 0) is 6.67 Å². The first-order valence-electron chi connectivity index (χ1n) is 8.28. The Morgan fingerprint density at radius 2 is 1.79 bits per heavy atom. The van der Waals surface area contributed by atoms with Crippen LogP contribution in [0.15, 0.2) is 63.8 Å². The summed E-state index contributed by atoms with van der Waals surface area (Å²) in [5.74, 6) is -0.290. The number of para-hydroxylation sites is 2. The summed E-state index contributed by atoms with van der Waals surface area (Å²) in [6.07, 6.45) is 0. The van der Waals surface area contributed by atoms with E-state index in [1.54, 1.807) is 4.57 Å². The number of aromatic nitrogens is 1. The van der Waals surface area contributed by atoms with Crippen molar-refractivity contribution in [3.63, 3.8) is 0 Å². The van der Waals surface area contributed by atoms with Crippen LogP contribution in [0.1, 0.15) is 11.6 Å². The molecule has 0 amide bonds. The maximum atomic E-state index is 12.3. The second kappa shape index (κ2) is 6.26. The monoisotopic (exact) mass is 323 g/mol. The van der Waals surface area contributed by atoms with Crippen molar-refractivity contribution < 1.29 is 4.42 Å². The molecule has 1 aliphatic rings. The Kier molecular flexibility index (Phi) is 3.96. The van der Waals surface area contributed by atoms with Gasteiger partial charge in [-0.2, -0.15) is 0 Å². The number of likely N-dealkylation sites (N-methyl/N-ethyl adjacent to an activating group) is 1. The van der Waals surface area contributed by atoms with Crippen molar-refractivity contribution in [3.05, 3.63) is 70.7 Å². The highest BCUT2D eigenvalue weighted by molar-refractivity contribution is 5.72. The maximum Gasteiger partial charge on any atom is 0.421 e. The van der Waals surface area contributed by atoms with E-state index < -0.39 is 0 Å². The van der Waals surface area contributed by atoms with Crippen LogP contribution in [0.2, 0.25) is 0 Å². The Hall–Kier alpha value is -2.37. The van der Waals surface area contributed by atoms with Gasteiger partial charge in [-0.15, -0.1) is 0 Å². The molecule has 5 nitrogen and oxygen atoms in total. The maximum absolute atomic E-state index is 12.3. The standard InChI is InChI=1S/C19H21N3O2/c1-20-11-12-21(17(13-20)15-7-3-2-4-8-15)14-22-16-9-5-6-10-18(16)24-19(22)23/h2-10,17H,11-14H2,1H3/t17-/m1/s1. The number of hydrogen-bond donors (Lipinski definition) is 0. The number of fused-ring (bicyclic) bond motifs is 1. The molecule has 0 spiro atoms. The van der Waals surface area contributed by atoms with Gasteiger partial charge in [0.2, 0.25) is 0 Å². The van der Waals surface area contributed by atoms with Gasteiger partial charge in [-0.1, -0.05) is 42.5 Å². The quantitative estimate of drug-likeness (QED) is 0.743. The molecular formula is C19H21N3O2. The summed E-state index contributed by atoms with van der Waals surface area (Å²) in [5, 5.41) is 0. The molecule has 0 saturated carbocycles. The first-order valence-corrected chi connectivity index (χ1v) is 8.28. The third-order valence-electron chi connectivity index (χ3n) is 4.78. The molecule has 1 fully saturated rings. The molecule has 0 bridgehead atoms. The van der Waals surface area contributed by atoms with Crippen molar-refractivity contribution in [2.24, 2.45) is 0 Å². The molecule has 1 aliphatic heterocycles. The van der Waals surface area contributed by atoms with Gasteiger partial charge in [-0.25, -0.2) is 4.79 Å². The normalized spacial score (nSPS) is 19.8. The minimum atomic E-state index is -0.290. The predicted octanol–water partition coefficient (Wildman–Crippen LogP) is 2.54. The summed E-state index contributed by atoms with van der Waals surface area (Å²) in [6.45, 7) is 3.41. The molecule has 124 valence electrons. The predicted molar refractivity (Wildman–Crippen MR) is 93.9 cm³/mol. The van der Waals surface area contributed by atoms with Crippen molar-refractivity contribution in [1.29, 1.82) is 0 Å². The Bertz CT molecular complexity index is 884. The number of piperazine rings is 1. The largest absolute Gasteiger partial charge is 0.421 e. The van der Waals surface area contributed by atoms with Gasteiger partial charge in [0.15, 0.2) is 5.58 Å². The smallest absolute Gasteiger partial charge is 0.408 e. The lowest BCUT2D eigenvalue weighted by atomic mass is 10.0. The van der Waals surface area contributed by atoms with E-state index in [4.69, 9.17) is 4.42 Å². The summed E-state index contributed by atoms with van der Waals surface area (Å²) in [5.41, 5.74) is 2.78. The molecule has 0 unspecified atom stereocenters. The van der Waals surface area contributed by atoms with Crippen molar-refractivity contribution in [3.8, 4) is 0 Å². The Morgan fingerprint density at radius 1 is 1.04 bits per heavy atom. The van der Waals surface area contributed by atoms with E-state index in [0.717, 1.165) is 25.2 Å². The molecule has 1 atom stereocenters. The van der Waals surface area contributed by atoms with Crippen molar-refractivity contribution in [2.75, 3.05) is 26.7 Å². The molecule has 0 N–H and O–H groups in total. The van der Waals surface area contributed by atoms with Crippen LogP contribution >= 0.6 is 0 Å². The second-order valence-electron chi connectivity index (χ2n) is 6.41. The average molecular weight is 323 g/mol. The summed E-state index contributed by atoms with van der Waals surface area (Å²) in [7, 11) is 2.15. The zero-order valence-corrected chi connectivity index (χ0v) is 13.8. The van der Waals surface area contributed by atoms with E-state index in [0.29, 0.717) is 12.3 Å². The van der Waals surface area contributed by atoms with Gasteiger partial charge in [0.05, 0.1) is 12.2 Å². The molecule has 1 saturated heterocycles. The zero-order chi connectivity index (χ0) is 16.5. The third-order valence-corrected chi connectivity index (χ3v) is 4.78. The lowest BCUT2D eigenvalue weighted by molar-refractivity contribution is 0.0621. The van der Waals surface area contributed by atoms with Crippen LogP contribution in [0.4, 0.5) is 0 Å². The average Bonchev–Trinajstić information content (AvgIpc) is 2.93. The summed E-state index contributed by atoms with van der Waals surface area (Å²) >= 11 is 0. The first kappa shape index (κ1) is 15.2. The van der Waals surface area contributed by atoms with E-state index in [-0.39, 0.29) is 11.8 Å². The van der Waals surface area contributed by atoms with Gasteiger partial charge < -0.3 is 9.32 Å². The van der Waals surface area contributed by atoms with Gasteiger partial charge >= 0.3 is 5.76 Å². The number of rotatable bonds is 3. The van der Waals surface area contributed by atoms with Gasteiger partial charge in [-0.05, 0) is 24.7 Å². The fourth-order valence-electron chi connectivity index (χ4n) is 3.45. The second-order valence-corrected chi connectivity index (χ2v) is 6.41.